The summed E-state index contributed by atoms with van der Waals surface area (Å²) < 4.78 is 27.8. The first-order valence-electron chi connectivity index (χ1n) is 7.10. The Morgan fingerprint density at radius 3 is 2.90 bits per heavy atom. The molecule has 1 unspecified atom stereocenters. The summed E-state index contributed by atoms with van der Waals surface area (Å²) in [5.41, 5.74) is 2.71. The van der Waals surface area contributed by atoms with Gasteiger partial charge in [-0.1, -0.05) is 6.07 Å². The van der Waals surface area contributed by atoms with E-state index in [0.717, 1.165) is 18.6 Å². The van der Waals surface area contributed by atoms with Gasteiger partial charge in [-0.3, -0.25) is 0 Å². The van der Waals surface area contributed by atoms with Crippen molar-refractivity contribution < 1.29 is 13.2 Å². The zero-order chi connectivity index (χ0) is 14.6. The normalized spacial score (nSPS) is 18.6. The Balaban J connectivity index is 1.96. The third-order valence-electron chi connectivity index (χ3n) is 3.71. The highest BCUT2D eigenvalue weighted by atomic mass is 32.2. The molecule has 20 heavy (non-hydrogen) atoms. The van der Waals surface area contributed by atoms with Crippen LogP contribution in [-0.4, -0.2) is 34.1 Å². The van der Waals surface area contributed by atoms with E-state index >= 15 is 0 Å². The van der Waals surface area contributed by atoms with E-state index in [1.165, 1.54) is 23.8 Å². The molecule has 0 fully saturated rings. The van der Waals surface area contributed by atoms with Crippen LogP contribution in [0.25, 0.3) is 0 Å². The van der Waals surface area contributed by atoms with Crippen LogP contribution in [-0.2, 0) is 16.3 Å². The van der Waals surface area contributed by atoms with Crippen LogP contribution in [0, 0.1) is 0 Å². The molecule has 4 nitrogen and oxygen atoms in total. The Labute approximate surface area is 121 Å². The molecule has 0 radical (unpaired) electrons. The van der Waals surface area contributed by atoms with Crippen molar-refractivity contribution in [2.45, 2.75) is 31.7 Å². The number of hydrogen-bond acceptors (Lipinski definition) is 4. The fourth-order valence-electron chi connectivity index (χ4n) is 2.68. The maximum absolute atomic E-state index is 11.1. The maximum Gasteiger partial charge on any atom is 0.147 e. The summed E-state index contributed by atoms with van der Waals surface area (Å²) in [5, 5.41) is 3.34. The predicted molar refractivity (Wildman–Crippen MR) is 81.0 cm³/mol. The lowest BCUT2D eigenvalue weighted by Gasteiger charge is -2.25. The van der Waals surface area contributed by atoms with Gasteiger partial charge in [-0.15, -0.1) is 0 Å². The first-order chi connectivity index (χ1) is 9.49. The van der Waals surface area contributed by atoms with Crippen molar-refractivity contribution in [3.8, 4) is 5.75 Å². The first-order valence-corrected chi connectivity index (χ1v) is 9.16. The summed E-state index contributed by atoms with van der Waals surface area (Å²) in [4.78, 5) is 0. The lowest BCUT2D eigenvalue weighted by Crippen LogP contribution is -2.21. The van der Waals surface area contributed by atoms with Gasteiger partial charge in [0.1, 0.15) is 15.6 Å². The van der Waals surface area contributed by atoms with E-state index in [4.69, 9.17) is 4.74 Å². The lowest BCUT2D eigenvalue weighted by molar-refractivity contribution is 0.316. The van der Waals surface area contributed by atoms with Crippen LogP contribution in [0.1, 0.15) is 36.4 Å². The second-order valence-corrected chi connectivity index (χ2v) is 7.69. The molecule has 1 aromatic rings. The highest BCUT2D eigenvalue weighted by molar-refractivity contribution is 7.90. The SMILES string of the molecule is CNC1CCCc2ccc(OCCCS(C)(=O)=O)cc21. The fourth-order valence-corrected chi connectivity index (χ4v) is 3.32. The van der Waals surface area contributed by atoms with E-state index < -0.39 is 9.84 Å². The number of hydrogen-bond donors (Lipinski definition) is 1. The van der Waals surface area contributed by atoms with Crippen LogP contribution < -0.4 is 10.1 Å². The van der Waals surface area contributed by atoms with Gasteiger partial charge in [-0.25, -0.2) is 8.42 Å². The van der Waals surface area contributed by atoms with Gasteiger partial charge in [0, 0.05) is 12.3 Å². The van der Waals surface area contributed by atoms with Crippen LogP contribution in [0.4, 0.5) is 0 Å². The Kier molecular flexibility index (Phi) is 5.05. The summed E-state index contributed by atoms with van der Waals surface area (Å²) >= 11 is 0. The molecule has 0 bridgehead atoms. The van der Waals surface area contributed by atoms with Crippen molar-refractivity contribution in [1.29, 1.82) is 0 Å². The largest absolute Gasteiger partial charge is 0.494 e. The highest BCUT2D eigenvalue weighted by Crippen LogP contribution is 2.32. The number of aryl methyl sites for hydroxylation is 1. The number of fused-ring (bicyclic) bond motifs is 1. The van der Waals surface area contributed by atoms with Gasteiger partial charge in [0.15, 0.2) is 0 Å². The van der Waals surface area contributed by atoms with E-state index in [2.05, 4.69) is 17.4 Å². The van der Waals surface area contributed by atoms with Crippen molar-refractivity contribution in [1.82, 2.24) is 5.32 Å². The zero-order valence-electron chi connectivity index (χ0n) is 12.2. The highest BCUT2D eigenvalue weighted by Gasteiger charge is 2.19. The number of nitrogens with one attached hydrogen (secondary N) is 1. The molecule has 2 rings (SSSR count). The summed E-state index contributed by atoms with van der Waals surface area (Å²) in [7, 11) is -0.910. The number of benzene rings is 1. The summed E-state index contributed by atoms with van der Waals surface area (Å²) in [5.74, 6) is 1.01. The average Bonchev–Trinajstić information content (AvgIpc) is 2.41. The molecule has 1 N–H and O–H groups in total. The van der Waals surface area contributed by atoms with Crippen molar-refractivity contribution in [3.05, 3.63) is 29.3 Å². The number of ether oxygens (including phenoxy) is 1. The summed E-state index contributed by atoms with van der Waals surface area (Å²) in [6, 6.07) is 6.61. The topological polar surface area (TPSA) is 55.4 Å². The van der Waals surface area contributed by atoms with Crippen LogP contribution in [0.5, 0.6) is 5.75 Å². The summed E-state index contributed by atoms with van der Waals surface area (Å²) in [6.45, 7) is 0.441. The second-order valence-electron chi connectivity index (χ2n) is 5.43. The van der Waals surface area contributed by atoms with E-state index in [1.807, 2.05) is 13.1 Å². The number of rotatable bonds is 6. The lowest BCUT2D eigenvalue weighted by atomic mass is 9.87. The van der Waals surface area contributed by atoms with Gasteiger partial charge in [0.2, 0.25) is 0 Å². The Hall–Kier alpha value is -1.07. The van der Waals surface area contributed by atoms with E-state index in [9.17, 15) is 8.42 Å². The van der Waals surface area contributed by atoms with E-state index in [0.29, 0.717) is 19.1 Å². The molecule has 1 atom stereocenters. The maximum atomic E-state index is 11.1. The number of sulfone groups is 1. The van der Waals surface area contributed by atoms with Crippen LogP contribution in [0.2, 0.25) is 0 Å². The second kappa shape index (κ2) is 6.59. The molecule has 0 saturated heterocycles. The smallest absolute Gasteiger partial charge is 0.147 e. The van der Waals surface area contributed by atoms with Gasteiger partial charge in [0.05, 0.1) is 12.4 Å². The zero-order valence-corrected chi connectivity index (χ0v) is 13.0. The predicted octanol–water partition coefficient (Wildman–Crippen LogP) is 2.10. The quantitative estimate of drug-likeness (QED) is 0.817. The van der Waals surface area contributed by atoms with Gasteiger partial charge >= 0.3 is 0 Å². The molecule has 0 amide bonds. The molecule has 1 aliphatic carbocycles. The van der Waals surface area contributed by atoms with Gasteiger partial charge in [0.25, 0.3) is 0 Å². The van der Waals surface area contributed by atoms with Crippen molar-refractivity contribution >= 4 is 9.84 Å². The Morgan fingerprint density at radius 2 is 2.20 bits per heavy atom. The van der Waals surface area contributed by atoms with E-state index in [1.54, 1.807) is 0 Å². The summed E-state index contributed by atoms with van der Waals surface area (Å²) in [6.07, 6.45) is 5.28. The molecule has 0 spiro atoms. The first kappa shape index (κ1) is 15.3. The molecule has 0 aliphatic heterocycles. The van der Waals surface area contributed by atoms with Crippen LogP contribution in [0.15, 0.2) is 18.2 Å². The monoisotopic (exact) mass is 297 g/mol. The van der Waals surface area contributed by atoms with Gasteiger partial charge in [-0.2, -0.15) is 0 Å². The third-order valence-corrected chi connectivity index (χ3v) is 4.74. The minimum Gasteiger partial charge on any atom is -0.494 e. The fraction of sp³-hybridized carbons (Fsp3) is 0.600. The standard InChI is InChI=1S/C15H23NO3S/c1-16-15-6-3-5-12-7-8-13(11-14(12)15)19-9-4-10-20(2,17)18/h7-8,11,15-16H,3-6,9-10H2,1-2H3. The minimum absolute atomic E-state index is 0.178. The van der Waals surface area contributed by atoms with Crippen molar-refractivity contribution in [3.63, 3.8) is 0 Å². The molecule has 112 valence electrons. The van der Waals surface area contributed by atoms with Crippen LogP contribution in [0.3, 0.4) is 0 Å². The molecular formula is C15H23NO3S. The van der Waals surface area contributed by atoms with E-state index in [-0.39, 0.29) is 5.75 Å². The van der Waals surface area contributed by atoms with Gasteiger partial charge < -0.3 is 10.1 Å². The molecule has 1 aliphatic rings. The van der Waals surface area contributed by atoms with Crippen molar-refractivity contribution in [2.75, 3.05) is 25.7 Å². The molecular weight excluding hydrogens is 274 g/mol. The van der Waals surface area contributed by atoms with Gasteiger partial charge in [-0.05, 0) is 56.0 Å². The van der Waals surface area contributed by atoms with Crippen LogP contribution >= 0.6 is 0 Å². The molecule has 0 saturated carbocycles. The molecule has 5 heteroatoms. The third kappa shape index (κ3) is 4.21. The van der Waals surface area contributed by atoms with Crippen molar-refractivity contribution in [2.24, 2.45) is 0 Å². The Bertz CT molecular complexity index is 554. The average molecular weight is 297 g/mol. The molecule has 1 aromatic carbocycles. The minimum atomic E-state index is -2.90. The molecule has 0 aromatic heterocycles. The molecule has 0 heterocycles. The Morgan fingerprint density at radius 1 is 1.40 bits per heavy atom.